The lowest BCUT2D eigenvalue weighted by Crippen LogP contribution is -2.45. The SMILES string of the molecule is O=C(CN(Cc1ccncc1)CC1CCCO1)N1CCOc2ccccc21. The molecule has 1 aromatic heterocycles. The summed E-state index contributed by atoms with van der Waals surface area (Å²) in [7, 11) is 0. The molecule has 0 aliphatic carbocycles. The Bertz CT molecular complexity index is 762. The number of hydrogen-bond donors (Lipinski definition) is 0. The number of nitrogens with zero attached hydrogens (tertiary/aromatic N) is 3. The minimum absolute atomic E-state index is 0.0952. The summed E-state index contributed by atoms with van der Waals surface area (Å²) in [5.41, 5.74) is 2.01. The summed E-state index contributed by atoms with van der Waals surface area (Å²) in [6.07, 6.45) is 5.94. The molecule has 1 aromatic carbocycles. The Morgan fingerprint density at radius 3 is 2.85 bits per heavy atom. The molecule has 142 valence electrons. The standard InChI is InChI=1S/C21H25N3O3/c25-21(24-11-13-27-20-6-2-1-5-19(20)24)16-23(15-18-4-3-12-26-18)14-17-7-9-22-10-8-17/h1-2,5-10,18H,3-4,11-16H2. The second-order valence-corrected chi connectivity index (χ2v) is 7.02. The number of fused-ring (bicyclic) bond motifs is 1. The van der Waals surface area contributed by atoms with Gasteiger partial charge in [-0.3, -0.25) is 14.7 Å². The lowest BCUT2D eigenvalue weighted by Gasteiger charge is -2.32. The number of para-hydroxylation sites is 2. The van der Waals surface area contributed by atoms with Gasteiger partial charge >= 0.3 is 0 Å². The van der Waals surface area contributed by atoms with Crippen molar-refractivity contribution in [3.05, 3.63) is 54.4 Å². The van der Waals surface area contributed by atoms with E-state index in [1.165, 1.54) is 0 Å². The molecule has 0 N–H and O–H groups in total. The Hall–Kier alpha value is -2.44. The Labute approximate surface area is 159 Å². The van der Waals surface area contributed by atoms with E-state index < -0.39 is 0 Å². The molecule has 2 aromatic rings. The molecule has 0 bridgehead atoms. The number of rotatable bonds is 6. The molecule has 27 heavy (non-hydrogen) atoms. The highest BCUT2D eigenvalue weighted by Gasteiger charge is 2.27. The molecule has 0 radical (unpaired) electrons. The third-order valence-corrected chi connectivity index (χ3v) is 5.03. The van der Waals surface area contributed by atoms with Gasteiger partial charge < -0.3 is 14.4 Å². The van der Waals surface area contributed by atoms with Crippen LogP contribution in [0.4, 0.5) is 5.69 Å². The van der Waals surface area contributed by atoms with Crippen LogP contribution in [0.15, 0.2) is 48.8 Å². The van der Waals surface area contributed by atoms with E-state index in [1.54, 1.807) is 12.4 Å². The topological polar surface area (TPSA) is 54.9 Å². The first-order valence-electron chi connectivity index (χ1n) is 9.54. The highest BCUT2D eigenvalue weighted by molar-refractivity contribution is 5.96. The molecule has 1 saturated heterocycles. The van der Waals surface area contributed by atoms with Gasteiger partial charge in [0, 0.05) is 32.1 Å². The predicted octanol–water partition coefficient (Wildman–Crippen LogP) is 2.49. The van der Waals surface area contributed by atoms with E-state index in [2.05, 4.69) is 9.88 Å². The lowest BCUT2D eigenvalue weighted by atomic mass is 10.2. The first-order valence-corrected chi connectivity index (χ1v) is 9.54. The number of anilines is 1. The first-order chi connectivity index (χ1) is 13.3. The van der Waals surface area contributed by atoms with Crippen LogP contribution >= 0.6 is 0 Å². The Kier molecular flexibility index (Phi) is 5.65. The molecule has 3 heterocycles. The second kappa shape index (κ2) is 8.50. The predicted molar refractivity (Wildman–Crippen MR) is 103 cm³/mol. The summed E-state index contributed by atoms with van der Waals surface area (Å²) < 4.78 is 11.5. The van der Waals surface area contributed by atoms with Gasteiger partial charge in [0.25, 0.3) is 0 Å². The maximum atomic E-state index is 13.1. The van der Waals surface area contributed by atoms with Crippen molar-refractivity contribution < 1.29 is 14.3 Å². The minimum atomic E-state index is 0.0952. The molecule has 1 atom stereocenters. The molecule has 1 unspecified atom stereocenters. The van der Waals surface area contributed by atoms with Gasteiger partial charge in [0.2, 0.25) is 5.91 Å². The zero-order valence-corrected chi connectivity index (χ0v) is 15.4. The van der Waals surface area contributed by atoms with Gasteiger partial charge in [0.15, 0.2) is 0 Å². The van der Waals surface area contributed by atoms with Crippen LogP contribution in [-0.2, 0) is 16.1 Å². The van der Waals surface area contributed by atoms with Crippen LogP contribution in [0.2, 0.25) is 0 Å². The van der Waals surface area contributed by atoms with Gasteiger partial charge in [-0.25, -0.2) is 0 Å². The number of carbonyl (C=O) groups is 1. The zero-order valence-electron chi connectivity index (χ0n) is 15.4. The summed E-state index contributed by atoms with van der Waals surface area (Å²) in [5.74, 6) is 0.870. The molecular formula is C21H25N3O3. The molecule has 0 spiro atoms. The third kappa shape index (κ3) is 4.46. The fourth-order valence-corrected chi connectivity index (χ4v) is 3.71. The highest BCUT2D eigenvalue weighted by Crippen LogP contribution is 2.31. The Morgan fingerprint density at radius 2 is 2.04 bits per heavy atom. The second-order valence-electron chi connectivity index (χ2n) is 7.02. The highest BCUT2D eigenvalue weighted by atomic mass is 16.5. The minimum Gasteiger partial charge on any atom is -0.490 e. The maximum Gasteiger partial charge on any atom is 0.241 e. The van der Waals surface area contributed by atoms with Crippen molar-refractivity contribution in [1.82, 2.24) is 9.88 Å². The normalized spacial score (nSPS) is 19.0. The van der Waals surface area contributed by atoms with Crippen molar-refractivity contribution in [2.45, 2.75) is 25.5 Å². The lowest BCUT2D eigenvalue weighted by molar-refractivity contribution is -0.120. The van der Waals surface area contributed by atoms with Crippen LogP contribution < -0.4 is 9.64 Å². The number of carbonyl (C=O) groups excluding carboxylic acids is 1. The average molecular weight is 367 g/mol. The monoisotopic (exact) mass is 367 g/mol. The van der Waals surface area contributed by atoms with Crippen molar-refractivity contribution in [3.8, 4) is 5.75 Å². The zero-order chi connectivity index (χ0) is 18.5. The molecule has 1 amide bonds. The van der Waals surface area contributed by atoms with Crippen molar-refractivity contribution in [2.24, 2.45) is 0 Å². The molecule has 6 nitrogen and oxygen atoms in total. The first kappa shape index (κ1) is 17.9. The smallest absolute Gasteiger partial charge is 0.241 e. The molecule has 6 heteroatoms. The van der Waals surface area contributed by atoms with E-state index in [9.17, 15) is 4.79 Å². The number of hydrogen-bond acceptors (Lipinski definition) is 5. The van der Waals surface area contributed by atoms with Gasteiger partial charge in [0.05, 0.1) is 24.9 Å². The molecule has 2 aliphatic rings. The van der Waals surface area contributed by atoms with E-state index in [4.69, 9.17) is 9.47 Å². The third-order valence-electron chi connectivity index (χ3n) is 5.03. The van der Waals surface area contributed by atoms with Crippen LogP contribution in [0.25, 0.3) is 0 Å². The van der Waals surface area contributed by atoms with Crippen molar-refractivity contribution in [3.63, 3.8) is 0 Å². The van der Waals surface area contributed by atoms with Gasteiger partial charge in [0.1, 0.15) is 12.4 Å². The van der Waals surface area contributed by atoms with Crippen LogP contribution in [0.3, 0.4) is 0 Å². The quantitative estimate of drug-likeness (QED) is 0.785. The van der Waals surface area contributed by atoms with Gasteiger partial charge in [-0.15, -0.1) is 0 Å². The summed E-state index contributed by atoms with van der Waals surface area (Å²) >= 11 is 0. The van der Waals surface area contributed by atoms with Crippen molar-refractivity contribution in [1.29, 1.82) is 0 Å². The largest absolute Gasteiger partial charge is 0.490 e. The van der Waals surface area contributed by atoms with E-state index >= 15 is 0 Å². The number of aromatic nitrogens is 1. The Morgan fingerprint density at radius 1 is 1.19 bits per heavy atom. The molecular weight excluding hydrogens is 342 g/mol. The fourth-order valence-electron chi connectivity index (χ4n) is 3.71. The Balaban J connectivity index is 1.47. The van der Waals surface area contributed by atoms with Crippen molar-refractivity contribution >= 4 is 11.6 Å². The number of pyridine rings is 1. The molecule has 0 saturated carbocycles. The van der Waals surface area contributed by atoms with Gasteiger partial charge in [-0.1, -0.05) is 12.1 Å². The maximum absolute atomic E-state index is 13.1. The molecule has 2 aliphatic heterocycles. The molecule has 1 fully saturated rings. The average Bonchev–Trinajstić information content (AvgIpc) is 3.21. The van der Waals surface area contributed by atoms with Gasteiger partial charge in [-0.2, -0.15) is 0 Å². The van der Waals surface area contributed by atoms with Crippen LogP contribution in [0, 0.1) is 0 Å². The fraction of sp³-hybridized carbons (Fsp3) is 0.429. The van der Waals surface area contributed by atoms with Crippen LogP contribution in [-0.4, -0.2) is 54.7 Å². The van der Waals surface area contributed by atoms with E-state index in [1.807, 2.05) is 41.3 Å². The van der Waals surface area contributed by atoms with Crippen LogP contribution in [0.1, 0.15) is 18.4 Å². The summed E-state index contributed by atoms with van der Waals surface area (Å²) in [4.78, 5) is 21.2. The summed E-state index contributed by atoms with van der Waals surface area (Å²) in [6, 6.07) is 11.7. The summed E-state index contributed by atoms with van der Waals surface area (Å²) in [5, 5.41) is 0. The number of benzene rings is 1. The van der Waals surface area contributed by atoms with Crippen molar-refractivity contribution in [2.75, 3.05) is 37.7 Å². The molecule has 4 rings (SSSR count). The number of ether oxygens (including phenoxy) is 2. The van der Waals surface area contributed by atoms with E-state index in [0.717, 1.165) is 43.0 Å². The van der Waals surface area contributed by atoms with E-state index in [0.29, 0.717) is 26.2 Å². The van der Waals surface area contributed by atoms with Crippen LogP contribution in [0.5, 0.6) is 5.75 Å². The summed E-state index contributed by atoms with van der Waals surface area (Å²) in [6.45, 7) is 3.76. The van der Waals surface area contributed by atoms with Gasteiger partial charge in [-0.05, 0) is 42.7 Å². The van der Waals surface area contributed by atoms with E-state index in [-0.39, 0.29) is 12.0 Å². The number of amides is 1.